The van der Waals surface area contributed by atoms with Crippen LogP contribution < -0.4 is 5.73 Å². The van der Waals surface area contributed by atoms with Gasteiger partial charge in [0.2, 0.25) is 0 Å². The van der Waals surface area contributed by atoms with Crippen LogP contribution in [0.5, 0.6) is 0 Å². The SMILES string of the molecule is CC1(C)CC(CCN)CN1C(=O)O. The van der Waals surface area contributed by atoms with Crippen molar-refractivity contribution in [1.29, 1.82) is 0 Å². The fourth-order valence-electron chi connectivity index (χ4n) is 2.15. The van der Waals surface area contributed by atoms with Gasteiger partial charge in [-0.2, -0.15) is 0 Å². The van der Waals surface area contributed by atoms with Gasteiger partial charge in [0.15, 0.2) is 0 Å². The molecule has 0 aromatic carbocycles. The molecule has 0 aliphatic carbocycles. The highest BCUT2D eigenvalue weighted by atomic mass is 16.4. The number of likely N-dealkylation sites (tertiary alicyclic amines) is 1. The molecule has 1 fully saturated rings. The first-order chi connectivity index (χ1) is 5.97. The first kappa shape index (κ1) is 10.3. The van der Waals surface area contributed by atoms with Gasteiger partial charge in [-0.3, -0.25) is 0 Å². The maximum atomic E-state index is 10.9. The standard InChI is InChI=1S/C9H18N2O2/c1-9(2)5-7(3-4-10)6-11(9)8(12)13/h7H,3-6,10H2,1-2H3,(H,12,13). The van der Waals surface area contributed by atoms with Gasteiger partial charge in [0, 0.05) is 12.1 Å². The first-order valence-corrected chi connectivity index (χ1v) is 4.68. The number of rotatable bonds is 2. The molecular formula is C9H18N2O2. The van der Waals surface area contributed by atoms with Crippen LogP contribution in [0.2, 0.25) is 0 Å². The molecule has 1 amide bonds. The third kappa shape index (κ3) is 2.12. The van der Waals surface area contributed by atoms with Crippen molar-refractivity contribution in [3.05, 3.63) is 0 Å². The Hall–Kier alpha value is -0.770. The second-order valence-electron chi connectivity index (χ2n) is 4.35. The van der Waals surface area contributed by atoms with Gasteiger partial charge in [0.25, 0.3) is 0 Å². The highest BCUT2D eigenvalue weighted by Crippen LogP contribution is 2.33. The van der Waals surface area contributed by atoms with Crippen LogP contribution in [0.4, 0.5) is 4.79 Å². The van der Waals surface area contributed by atoms with E-state index in [0.717, 1.165) is 12.8 Å². The first-order valence-electron chi connectivity index (χ1n) is 4.68. The average Bonchev–Trinajstić information content (AvgIpc) is 2.26. The van der Waals surface area contributed by atoms with Gasteiger partial charge in [-0.05, 0) is 39.2 Å². The Morgan fingerprint density at radius 2 is 2.31 bits per heavy atom. The number of nitrogens with two attached hydrogens (primary N) is 1. The molecule has 1 saturated heterocycles. The van der Waals surface area contributed by atoms with Crippen LogP contribution in [-0.2, 0) is 0 Å². The monoisotopic (exact) mass is 186 g/mol. The summed E-state index contributed by atoms with van der Waals surface area (Å²) in [6, 6.07) is 0. The Balaban J connectivity index is 2.62. The maximum absolute atomic E-state index is 10.9. The highest BCUT2D eigenvalue weighted by Gasteiger charge is 2.40. The average molecular weight is 186 g/mol. The van der Waals surface area contributed by atoms with Crippen LogP contribution in [-0.4, -0.2) is 34.7 Å². The molecule has 76 valence electrons. The van der Waals surface area contributed by atoms with Gasteiger partial charge >= 0.3 is 6.09 Å². The summed E-state index contributed by atoms with van der Waals surface area (Å²) in [5.41, 5.74) is 5.24. The van der Waals surface area contributed by atoms with E-state index >= 15 is 0 Å². The molecule has 4 nitrogen and oxygen atoms in total. The lowest BCUT2D eigenvalue weighted by molar-refractivity contribution is 0.117. The van der Waals surface area contributed by atoms with Crippen LogP contribution >= 0.6 is 0 Å². The van der Waals surface area contributed by atoms with Crippen molar-refractivity contribution >= 4 is 6.09 Å². The molecule has 0 aromatic rings. The lowest BCUT2D eigenvalue weighted by Gasteiger charge is -2.28. The smallest absolute Gasteiger partial charge is 0.407 e. The van der Waals surface area contributed by atoms with E-state index in [0.29, 0.717) is 19.0 Å². The Bertz CT molecular complexity index is 204. The van der Waals surface area contributed by atoms with E-state index in [1.165, 1.54) is 4.90 Å². The van der Waals surface area contributed by atoms with E-state index in [1.54, 1.807) is 0 Å². The molecule has 1 rings (SSSR count). The van der Waals surface area contributed by atoms with Gasteiger partial charge in [0.1, 0.15) is 0 Å². The fraction of sp³-hybridized carbons (Fsp3) is 0.889. The van der Waals surface area contributed by atoms with Gasteiger partial charge < -0.3 is 15.7 Å². The molecule has 0 saturated carbocycles. The molecule has 1 unspecified atom stereocenters. The Morgan fingerprint density at radius 1 is 1.69 bits per heavy atom. The van der Waals surface area contributed by atoms with E-state index in [2.05, 4.69) is 0 Å². The third-order valence-electron chi connectivity index (χ3n) is 2.77. The van der Waals surface area contributed by atoms with E-state index in [4.69, 9.17) is 10.8 Å². The highest BCUT2D eigenvalue weighted by molar-refractivity contribution is 5.66. The normalized spacial score (nSPS) is 26.4. The van der Waals surface area contributed by atoms with Crippen LogP contribution in [0.15, 0.2) is 0 Å². The maximum Gasteiger partial charge on any atom is 0.407 e. The molecule has 0 spiro atoms. The number of carboxylic acid groups (broad SMARTS) is 1. The lowest BCUT2D eigenvalue weighted by Crippen LogP contribution is -2.41. The van der Waals surface area contributed by atoms with Crippen LogP contribution in [0.3, 0.4) is 0 Å². The zero-order chi connectivity index (χ0) is 10.1. The van der Waals surface area contributed by atoms with Crippen molar-refractivity contribution in [2.45, 2.75) is 32.2 Å². The summed E-state index contributed by atoms with van der Waals surface area (Å²) in [4.78, 5) is 12.4. The Labute approximate surface area is 78.7 Å². The van der Waals surface area contributed by atoms with Crippen molar-refractivity contribution in [1.82, 2.24) is 4.90 Å². The van der Waals surface area contributed by atoms with Crippen molar-refractivity contribution in [3.8, 4) is 0 Å². The molecular weight excluding hydrogens is 168 g/mol. The Kier molecular flexibility index (Phi) is 2.81. The second kappa shape index (κ2) is 3.54. The minimum absolute atomic E-state index is 0.217. The van der Waals surface area contributed by atoms with Gasteiger partial charge in [0.05, 0.1) is 0 Å². The van der Waals surface area contributed by atoms with Crippen LogP contribution in [0.1, 0.15) is 26.7 Å². The molecule has 4 heteroatoms. The minimum Gasteiger partial charge on any atom is -0.465 e. The number of hydrogen-bond donors (Lipinski definition) is 2. The Morgan fingerprint density at radius 3 is 2.69 bits per heavy atom. The van der Waals surface area contributed by atoms with Crippen molar-refractivity contribution in [3.63, 3.8) is 0 Å². The van der Waals surface area contributed by atoms with Crippen LogP contribution in [0, 0.1) is 5.92 Å². The molecule has 0 aromatic heterocycles. The van der Waals surface area contributed by atoms with E-state index in [9.17, 15) is 4.79 Å². The quantitative estimate of drug-likeness (QED) is 0.679. The topological polar surface area (TPSA) is 66.6 Å². The summed E-state index contributed by atoms with van der Waals surface area (Å²) < 4.78 is 0. The molecule has 0 radical (unpaired) electrons. The zero-order valence-corrected chi connectivity index (χ0v) is 8.29. The molecule has 1 heterocycles. The minimum atomic E-state index is -0.815. The largest absolute Gasteiger partial charge is 0.465 e. The fourth-order valence-corrected chi connectivity index (χ4v) is 2.15. The molecule has 13 heavy (non-hydrogen) atoms. The van der Waals surface area contributed by atoms with Gasteiger partial charge in [-0.15, -0.1) is 0 Å². The van der Waals surface area contributed by atoms with Crippen molar-refractivity contribution < 1.29 is 9.90 Å². The molecule has 1 atom stereocenters. The van der Waals surface area contributed by atoms with E-state index in [-0.39, 0.29) is 5.54 Å². The number of hydrogen-bond acceptors (Lipinski definition) is 2. The number of nitrogens with zero attached hydrogens (tertiary/aromatic N) is 1. The lowest BCUT2D eigenvalue weighted by atomic mass is 9.94. The number of amides is 1. The molecule has 1 aliphatic rings. The van der Waals surface area contributed by atoms with E-state index in [1.807, 2.05) is 13.8 Å². The van der Waals surface area contributed by atoms with Crippen molar-refractivity contribution in [2.75, 3.05) is 13.1 Å². The van der Waals surface area contributed by atoms with Gasteiger partial charge in [-0.25, -0.2) is 4.79 Å². The number of carbonyl (C=O) groups is 1. The predicted octanol–water partition coefficient (Wildman–Crippen LogP) is 1.11. The van der Waals surface area contributed by atoms with Crippen LogP contribution in [0.25, 0.3) is 0 Å². The van der Waals surface area contributed by atoms with E-state index < -0.39 is 6.09 Å². The second-order valence-corrected chi connectivity index (χ2v) is 4.35. The zero-order valence-electron chi connectivity index (χ0n) is 8.29. The predicted molar refractivity (Wildman–Crippen MR) is 50.6 cm³/mol. The molecule has 0 bridgehead atoms. The van der Waals surface area contributed by atoms with Crippen molar-refractivity contribution in [2.24, 2.45) is 11.7 Å². The summed E-state index contributed by atoms with van der Waals surface area (Å²) in [7, 11) is 0. The molecule has 3 N–H and O–H groups in total. The third-order valence-corrected chi connectivity index (χ3v) is 2.77. The molecule has 1 aliphatic heterocycles. The summed E-state index contributed by atoms with van der Waals surface area (Å²) in [5.74, 6) is 0.441. The summed E-state index contributed by atoms with van der Waals surface area (Å²) >= 11 is 0. The van der Waals surface area contributed by atoms with Gasteiger partial charge in [-0.1, -0.05) is 0 Å². The summed E-state index contributed by atoms with van der Waals surface area (Å²) in [6.07, 6.45) is 1.04. The summed E-state index contributed by atoms with van der Waals surface area (Å²) in [5, 5.41) is 8.93. The summed E-state index contributed by atoms with van der Waals surface area (Å²) in [6.45, 7) is 5.23.